The molecule has 1 saturated heterocycles. The Labute approximate surface area is 147 Å². The van der Waals surface area contributed by atoms with Gasteiger partial charge in [-0.2, -0.15) is 5.10 Å². The molecule has 0 bridgehead atoms. The second-order valence-electron chi connectivity index (χ2n) is 6.62. The van der Waals surface area contributed by atoms with Crippen LogP contribution < -0.4 is 5.32 Å². The van der Waals surface area contributed by atoms with Crippen molar-refractivity contribution < 1.29 is 9.90 Å². The first kappa shape index (κ1) is 17.4. The molecule has 0 saturated carbocycles. The second kappa shape index (κ2) is 8.11. The average molecular weight is 343 g/mol. The highest BCUT2D eigenvalue weighted by molar-refractivity contribution is 5.95. The molecule has 134 valence electrons. The van der Waals surface area contributed by atoms with E-state index in [2.05, 4.69) is 22.3 Å². The summed E-state index contributed by atoms with van der Waals surface area (Å²) in [6.07, 6.45) is 5.36. The van der Waals surface area contributed by atoms with Gasteiger partial charge < -0.3 is 15.3 Å². The molecule has 2 atom stereocenters. The maximum Gasteiger partial charge on any atom is 0.254 e. The lowest BCUT2D eigenvalue weighted by atomic mass is 10.1. The van der Waals surface area contributed by atoms with E-state index in [1.807, 2.05) is 24.3 Å². The Morgan fingerprint density at radius 3 is 3.12 bits per heavy atom. The SMILES string of the molecule is CC(CCn1cncn1)Nc1cccc(C(=O)N2CCCC(O)C2)c1. The third-order valence-electron chi connectivity index (χ3n) is 4.46. The highest BCUT2D eigenvalue weighted by Crippen LogP contribution is 2.17. The number of hydrogen-bond acceptors (Lipinski definition) is 5. The van der Waals surface area contributed by atoms with Gasteiger partial charge >= 0.3 is 0 Å². The Balaban J connectivity index is 1.57. The Bertz CT molecular complexity index is 689. The molecule has 2 aromatic rings. The molecule has 0 aliphatic carbocycles. The summed E-state index contributed by atoms with van der Waals surface area (Å²) in [5.41, 5.74) is 1.58. The van der Waals surface area contributed by atoms with Gasteiger partial charge in [0.25, 0.3) is 5.91 Å². The summed E-state index contributed by atoms with van der Waals surface area (Å²) >= 11 is 0. The first-order chi connectivity index (χ1) is 12.1. The van der Waals surface area contributed by atoms with Crippen LogP contribution in [0.5, 0.6) is 0 Å². The first-order valence-corrected chi connectivity index (χ1v) is 8.78. The molecule has 7 heteroatoms. The van der Waals surface area contributed by atoms with Gasteiger partial charge in [-0.15, -0.1) is 0 Å². The van der Waals surface area contributed by atoms with Crippen LogP contribution in [0.3, 0.4) is 0 Å². The molecular weight excluding hydrogens is 318 g/mol. The number of β-amino-alcohol motifs (C(OH)–C–C–N with tert-alkyl or cyclic N) is 1. The van der Waals surface area contributed by atoms with Crippen molar-refractivity contribution in [3.05, 3.63) is 42.5 Å². The van der Waals surface area contributed by atoms with Gasteiger partial charge in [0.2, 0.25) is 0 Å². The molecule has 1 amide bonds. The fourth-order valence-corrected chi connectivity index (χ4v) is 3.09. The van der Waals surface area contributed by atoms with Gasteiger partial charge in [0.15, 0.2) is 0 Å². The molecule has 2 heterocycles. The van der Waals surface area contributed by atoms with Gasteiger partial charge in [-0.25, -0.2) is 4.98 Å². The van der Waals surface area contributed by atoms with Gasteiger partial charge in [-0.3, -0.25) is 9.48 Å². The second-order valence-corrected chi connectivity index (χ2v) is 6.62. The van der Waals surface area contributed by atoms with Crippen LogP contribution in [0.15, 0.2) is 36.9 Å². The maximum atomic E-state index is 12.6. The minimum atomic E-state index is -0.407. The third kappa shape index (κ3) is 4.79. The molecule has 0 radical (unpaired) electrons. The molecule has 1 aromatic heterocycles. The van der Waals surface area contributed by atoms with Crippen LogP contribution in [0.4, 0.5) is 5.69 Å². The molecule has 7 nitrogen and oxygen atoms in total. The summed E-state index contributed by atoms with van der Waals surface area (Å²) in [6.45, 7) is 4.03. The minimum absolute atomic E-state index is 0.0160. The highest BCUT2D eigenvalue weighted by Gasteiger charge is 2.23. The van der Waals surface area contributed by atoms with E-state index >= 15 is 0 Å². The van der Waals surface area contributed by atoms with E-state index in [4.69, 9.17) is 0 Å². The van der Waals surface area contributed by atoms with E-state index in [1.54, 1.807) is 15.9 Å². The number of hydrogen-bond donors (Lipinski definition) is 2. The number of aromatic nitrogens is 3. The molecular formula is C18H25N5O2. The minimum Gasteiger partial charge on any atom is -0.391 e. The number of amides is 1. The highest BCUT2D eigenvalue weighted by atomic mass is 16.3. The monoisotopic (exact) mass is 343 g/mol. The van der Waals surface area contributed by atoms with Gasteiger partial charge in [-0.05, 0) is 44.4 Å². The number of nitrogens with one attached hydrogen (secondary N) is 1. The number of aliphatic hydroxyl groups is 1. The van der Waals surface area contributed by atoms with Gasteiger partial charge in [0.1, 0.15) is 12.7 Å². The van der Waals surface area contributed by atoms with Crippen molar-refractivity contribution in [2.75, 3.05) is 18.4 Å². The zero-order valence-electron chi connectivity index (χ0n) is 14.5. The zero-order valence-corrected chi connectivity index (χ0v) is 14.5. The van der Waals surface area contributed by atoms with Crippen molar-refractivity contribution >= 4 is 11.6 Å². The molecule has 3 rings (SSSR count). The lowest BCUT2D eigenvalue weighted by Gasteiger charge is -2.30. The molecule has 0 spiro atoms. The van der Waals surface area contributed by atoms with Gasteiger partial charge in [0, 0.05) is 36.9 Å². The van der Waals surface area contributed by atoms with Crippen LogP contribution >= 0.6 is 0 Å². The van der Waals surface area contributed by atoms with E-state index in [0.717, 1.165) is 31.5 Å². The quantitative estimate of drug-likeness (QED) is 0.835. The molecule has 2 N–H and O–H groups in total. The summed E-state index contributed by atoms with van der Waals surface area (Å²) in [6, 6.07) is 7.81. The van der Waals surface area contributed by atoms with Crippen molar-refractivity contribution in [2.24, 2.45) is 0 Å². The molecule has 1 aliphatic heterocycles. The van der Waals surface area contributed by atoms with Crippen LogP contribution in [0.1, 0.15) is 36.5 Å². The van der Waals surface area contributed by atoms with Crippen molar-refractivity contribution in [2.45, 2.75) is 44.9 Å². The standard InChI is InChI=1S/C18H25N5O2/c1-14(7-9-23-13-19-12-20-23)21-16-5-2-4-15(10-16)18(25)22-8-3-6-17(24)11-22/h2,4-5,10,12-14,17,21,24H,3,6-9,11H2,1H3. The summed E-state index contributed by atoms with van der Waals surface area (Å²) < 4.78 is 1.81. The number of benzene rings is 1. The summed E-state index contributed by atoms with van der Waals surface area (Å²) in [4.78, 5) is 18.3. The molecule has 2 unspecified atom stereocenters. The Morgan fingerprint density at radius 2 is 2.36 bits per heavy atom. The smallest absolute Gasteiger partial charge is 0.254 e. The van der Waals surface area contributed by atoms with Crippen LogP contribution in [0, 0.1) is 0 Å². The molecule has 1 fully saturated rings. The van der Waals surface area contributed by atoms with E-state index in [0.29, 0.717) is 18.7 Å². The summed E-state index contributed by atoms with van der Waals surface area (Å²) in [7, 11) is 0. The van der Waals surface area contributed by atoms with E-state index in [-0.39, 0.29) is 11.9 Å². The van der Waals surface area contributed by atoms with Crippen molar-refractivity contribution in [1.29, 1.82) is 0 Å². The number of nitrogens with zero attached hydrogens (tertiary/aromatic N) is 4. The first-order valence-electron chi connectivity index (χ1n) is 8.78. The van der Waals surface area contributed by atoms with E-state index < -0.39 is 6.10 Å². The Kier molecular flexibility index (Phi) is 5.65. The predicted molar refractivity (Wildman–Crippen MR) is 95.3 cm³/mol. The van der Waals surface area contributed by atoms with Gasteiger partial charge in [-0.1, -0.05) is 6.07 Å². The lowest BCUT2D eigenvalue weighted by molar-refractivity contribution is 0.0474. The number of aryl methyl sites for hydroxylation is 1. The van der Waals surface area contributed by atoms with Gasteiger partial charge in [0.05, 0.1) is 6.10 Å². The number of likely N-dealkylation sites (tertiary alicyclic amines) is 1. The largest absolute Gasteiger partial charge is 0.391 e. The number of piperidine rings is 1. The topological polar surface area (TPSA) is 83.3 Å². The van der Waals surface area contributed by atoms with E-state index in [9.17, 15) is 9.90 Å². The Hall–Kier alpha value is -2.41. The average Bonchev–Trinajstić information content (AvgIpc) is 3.13. The number of carbonyl (C=O) groups excluding carboxylic acids is 1. The fraction of sp³-hybridized carbons (Fsp3) is 0.500. The van der Waals surface area contributed by atoms with Crippen LogP contribution in [0.25, 0.3) is 0 Å². The predicted octanol–water partition coefficient (Wildman–Crippen LogP) is 1.77. The Morgan fingerprint density at radius 1 is 1.48 bits per heavy atom. The molecule has 1 aliphatic rings. The number of anilines is 1. The number of rotatable bonds is 6. The number of aliphatic hydroxyl groups excluding tert-OH is 1. The fourth-order valence-electron chi connectivity index (χ4n) is 3.09. The maximum absolute atomic E-state index is 12.6. The molecule has 1 aromatic carbocycles. The van der Waals surface area contributed by atoms with Crippen LogP contribution in [-0.4, -0.2) is 55.9 Å². The normalized spacial score (nSPS) is 18.8. The third-order valence-corrected chi connectivity index (χ3v) is 4.46. The van der Waals surface area contributed by atoms with Crippen LogP contribution in [0.2, 0.25) is 0 Å². The van der Waals surface area contributed by atoms with Crippen molar-refractivity contribution in [1.82, 2.24) is 19.7 Å². The molecule has 25 heavy (non-hydrogen) atoms. The van der Waals surface area contributed by atoms with E-state index in [1.165, 1.54) is 6.33 Å². The van der Waals surface area contributed by atoms with Crippen molar-refractivity contribution in [3.8, 4) is 0 Å². The van der Waals surface area contributed by atoms with Crippen LogP contribution in [-0.2, 0) is 6.54 Å². The lowest BCUT2D eigenvalue weighted by Crippen LogP contribution is -2.42. The number of carbonyl (C=O) groups is 1. The zero-order chi connectivity index (χ0) is 17.6. The van der Waals surface area contributed by atoms with Crippen molar-refractivity contribution in [3.63, 3.8) is 0 Å². The summed E-state index contributed by atoms with van der Waals surface area (Å²) in [5.74, 6) is -0.0160. The summed E-state index contributed by atoms with van der Waals surface area (Å²) in [5, 5.41) is 17.3.